The van der Waals surface area contributed by atoms with Gasteiger partial charge in [0.15, 0.2) is 5.52 Å². The Morgan fingerprint density at radius 3 is 2.15 bits per heavy atom. The summed E-state index contributed by atoms with van der Waals surface area (Å²) in [4.78, 5) is 12.5. The number of ether oxygens (including phenoxy) is 2. The summed E-state index contributed by atoms with van der Waals surface area (Å²) in [5, 5.41) is 0. The molecule has 0 saturated heterocycles. The van der Waals surface area contributed by atoms with Gasteiger partial charge in [-0.2, -0.15) is 0 Å². The molecule has 0 aliphatic heterocycles. The second-order valence-electron chi connectivity index (χ2n) is 5.00. The number of methoxy groups -OCH3 is 2. The fourth-order valence-electron chi connectivity index (χ4n) is 2.59. The van der Waals surface area contributed by atoms with Gasteiger partial charge in [-0.15, -0.1) is 0 Å². The topological polar surface area (TPSA) is 35.5 Å². The zero-order chi connectivity index (χ0) is 13.8. The van der Waals surface area contributed by atoms with Gasteiger partial charge in [0.1, 0.15) is 17.1 Å². The van der Waals surface area contributed by atoms with Crippen molar-refractivity contribution in [1.29, 1.82) is 0 Å². The van der Waals surface area contributed by atoms with Gasteiger partial charge in [-0.25, -0.2) is 0 Å². The molecular weight excluding hydrogens is 266 g/mol. The van der Waals surface area contributed by atoms with Gasteiger partial charge in [0.25, 0.3) is 0 Å². The Balaban J connectivity index is 0.00000200. The number of aryl methyl sites for hydroxylation is 1. The molecule has 1 aromatic carbocycles. The van der Waals surface area contributed by atoms with E-state index in [-0.39, 0.29) is 25.8 Å². The number of benzene rings is 1. The summed E-state index contributed by atoms with van der Waals surface area (Å²) in [5.74, 6) is 1.26. The fourth-order valence-corrected chi connectivity index (χ4v) is 4.05. The van der Waals surface area contributed by atoms with Crippen molar-refractivity contribution in [3.8, 4) is 11.5 Å². The zero-order valence-corrected chi connectivity index (χ0v) is 13.8. The van der Waals surface area contributed by atoms with E-state index in [4.69, 9.17) is 9.47 Å². The van der Waals surface area contributed by atoms with Crippen molar-refractivity contribution in [3.05, 3.63) is 23.3 Å². The summed E-state index contributed by atoms with van der Waals surface area (Å²) in [5.41, 5.74) is 2.37. The number of hydrogen-bond donors (Lipinski definition) is 0. The summed E-state index contributed by atoms with van der Waals surface area (Å²) in [6.45, 7) is 1.97. The summed E-state index contributed by atoms with van der Waals surface area (Å²) in [6, 6.07) is 3.80. The number of rotatable bonds is 5. The molecule has 1 aromatic rings. The van der Waals surface area contributed by atoms with E-state index in [1.807, 2.05) is 19.1 Å². The van der Waals surface area contributed by atoms with Crippen LogP contribution in [0.3, 0.4) is 0 Å². The molecule has 0 heterocycles. The molecule has 0 amide bonds. The van der Waals surface area contributed by atoms with Crippen molar-refractivity contribution in [2.75, 3.05) is 14.2 Å². The van der Waals surface area contributed by atoms with Crippen LogP contribution in [0.5, 0.6) is 11.5 Å². The van der Waals surface area contributed by atoms with Crippen LogP contribution >= 0.6 is 8.58 Å². The molecule has 0 N–H and O–H groups in total. The number of hydrogen-bond acceptors (Lipinski definition) is 3. The molecule has 20 heavy (non-hydrogen) atoms. The van der Waals surface area contributed by atoms with E-state index in [1.165, 1.54) is 25.7 Å². The Morgan fingerprint density at radius 1 is 1.20 bits per heavy atom. The molecule has 1 unspecified atom stereocenters. The van der Waals surface area contributed by atoms with Crippen molar-refractivity contribution in [3.63, 3.8) is 0 Å². The van der Waals surface area contributed by atoms with E-state index in [0.717, 1.165) is 5.56 Å². The molecule has 0 aromatic heterocycles. The minimum absolute atomic E-state index is 0. The smallest absolute Gasteiger partial charge is 1.00 e. The molecule has 106 valence electrons. The maximum atomic E-state index is 12.5. The summed E-state index contributed by atoms with van der Waals surface area (Å²) < 4.78 is 10.7. The SMILES string of the molecule is COc1cc(C)cc(OC)c1C(=O)PC1CCCC1.[H-].[Li+]. The molecule has 5 heteroatoms. The summed E-state index contributed by atoms with van der Waals surface area (Å²) in [7, 11) is 3.54. The van der Waals surface area contributed by atoms with Gasteiger partial charge in [-0.05, 0) is 51.7 Å². The monoisotopic (exact) mass is 288 g/mol. The van der Waals surface area contributed by atoms with Crippen molar-refractivity contribution >= 4 is 14.1 Å². The second kappa shape index (κ2) is 8.08. The van der Waals surface area contributed by atoms with E-state index in [9.17, 15) is 4.79 Å². The Hall–Kier alpha value is -0.483. The standard InChI is InChI=1S/C15H21O3P.Li.H/c1-10-8-12(17-2)14(13(9-10)18-3)15(16)19-11-6-4-5-7-11;;/h8-9,11,19H,4-7H2,1-3H3;;/q;+1;-1. The average molecular weight is 288 g/mol. The van der Waals surface area contributed by atoms with Gasteiger partial charge in [0.2, 0.25) is 0 Å². The third kappa shape index (κ3) is 4.01. The predicted octanol–water partition coefficient (Wildman–Crippen LogP) is 0.890. The quantitative estimate of drug-likeness (QED) is 0.596. The largest absolute Gasteiger partial charge is 1.00 e. The van der Waals surface area contributed by atoms with Crippen LogP contribution in [0.25, 0.3) is 0 Å². The second-order valence-corrected chi connectivity index (χ2v) is 6.56. The summed E-state index contributed by atoms with van der Waals surface area (Å²) in [6.07, 6.45) is 4.88. The van der Waals surface area contributed by atoms with Crippen LogP contribution in [-0.2, 0) is 0 Å². The first-order chi connectivity index (χ1) is 9.15. The Morgan fingerprint density at radius 2 is 1.70 bits per heavy atom. The molecule has 3 nitrogen and oxygen atoms in total. The van der Waals surface area contributed by atoms with Gasteiger partial charge >= 0.3 is 18.9 Å². The molecule has 2 rings (SSSR count). The number of carbonyl (C=O) groups is 1. The minimum Gasteiger partial charge on any atom is -1.00 e. The Labute approximate surface area is 136 Å². The van der Waals surface area contributed by atoms with Crippen LogP contribution < -0.4 is 28.3 Å². The van der Waals surface area contributed by atoms with Crippen LogP contribution in [0.4, 0.5) is 0 Å². The van der Waals surface area contributed by atoms with E-state index in [0.29, 0.717) is 31.3 Å². The first kappa shape index (κ1) is 17.6. The maximum absolute atomic E-state index is 12.5. The van der Waals surface area contributed by atoms with E-state index in [2.05, 4.69) is 0 Å². The van der Waals surface area contributed by atoms with E-state index < -0.39 is 0 Å². The van der Waals surface area contributed by atoms with Crippen LogP contribution in [0, 0.1) is 6.92 Å². The number of carbonyl (C=O) groups excluding carboxylic acids is 1. The molecular formula is C15H22LiO3P. The fraction of sp³-hybridized carbons (Fsp3) is 0.533. The molecule has 1 saturated carbocycles. The maximum Gasteiger partial charge on any atom is 1.00 e. The molecule has 0 spiro atoms. The summed E-state index contributed by atoms with van der Waals surface area (Å²) >= 11 is 0. The van der Waals surface area contributed by atoms with Gasteiger partial charge < -0.3 is 10.9 Å². The van der Waals surface area contributed by atoms with E-state index >= 15 is 0 Å². The van der Waals surface area contributed by atoms with Crippen LogP contribution in [0.2, 0.25) is 0 Å². The van der Waals surface area contributed by atoms with E-state index in [1.54, 1.807) is 14.2 Å². The Bertz CT molecular complexity index is 451. The normalized spacial score (nSPS) is 15.3. The molecule has 0 bridgehead atoms. The van der Waals surface area contributed by atoms with Crippen LogP contribution in [0.15, 0.2) is 12.1 Å². The third-order valence-electron chi connectivity index (χ3n) is 3.57. The van der Waals surface area contributed by atoms with Gasteiger partial charge in [-0.1, -0.05) is 12.8 Å². The minimum atomic E-state index is 0. The van der Waals surface area contributed by atoms with Gasteiger partial charge in [-0.3, -0.25) is 4.79 Å². The first-order valence-corrected chi connectivity index (χ1v) is 7.77. The van der Waals surface area contributed by atoms with Crippen LogP contribution in [0.1, 0.15) is 43.0 Å². The van der Waals surface area contributed by atoms with Gasteiger partial charge in [0, 0.05) is 0 Å². The van der Waals surface area contributed by atoms with Crippen molar-refractivity contribution in [1.82, 2.24) is 0 Å². The van der Waals surface area contributed by atoms with Crippen LogP contribution in [-0.4, -0.2) is 25.4 Å². The average Bonchev–Trinajstić information content (AvgIpc) is 2.90. The van der Waals surface area contributed by atoms with Gasteiger partial charge in [0.05, 0.1) is 14.2 Å². The molecule has 1 atom stereocenters. The molecule has 0 radical (unpaired) electrons. The third-order valence-corrected chi connectivity index (χ3v) is 5.07. The molecule has 1 fully saturated rings. The van der Waals surface area contributed by atoms with Crippen molar-refractivity contribution in [2.45, 2.75) is 38.3 Å². The molecule has 1 aliphatic carbocycles. The van der Waals surface area contributed by atoms with Crippen molar-refractivity contribution < 1.29 is 34.6 Å². The Kier molecular flexibility index (Phi) is 7.10. The predicted molar refractivity (Wildman–Crippen MR) is 80.3 cm³/mol. The molecule has 1 aliphatic rings. The zero-order valence-electron chi connectivity index (χ0n) is 13.8. The first-order valence-electron chi connectivity index (χ1n) is 6.69. The van der Waals surface area contributed by atoms with Crippen molar-refractivity contribution in [2.24, 2.45) is 0 Å².